The third-order valence-corrected chi connectivity index (χ3v) is 1.71. The van der Waals surface area contributed by atoms with Crippen LogP contribution < -0.4 is 0 Å². The number of rotatable bonds is 4. The van der Waals surface area contributed by atoms with Gasteiger partial charge in [0.1, 0.15) is 0 Å². The van der Waals surface area contributed by atoms with Gasteiger partial charge in [0.15, 0.2) is 6.10 Å². The van der Waals surface area contributed by atoms with Crippen LogP contribution >= 0.6 is 0 Å². The fourth-order valence-corrected chi connectivity index (χ4v) is 0.683. The summed E-state index contributed by atoms with van der Waals surface area (Å²) in [6.07, 6.45) is -0.181. The van der Waals surface area contributed by atoms with Gasteiger partial charge in [-0.2, -0.15) is 0 Å². The maximum Gasteiger partial charge on any atom is 0.335 e. The van der Waals surface area contributed by atoms with E-state index >= 15 is 0 Å². The number of hydrogen-bond acceptors (Lipinski definition) is 3. The van der Waals surface area contributed by atoms with E-state index in [2.05, 4.69) is 4.74 Å². The molecular weight excluding hydrogens is 144 g/mol. The SMILES string of the molecule is CCOC(=O)[C@@H](O)[C@H](C)CC. The Balaban J connectivity index is 3.80. The van der Waals surface area contributed by atoms with Crippen LogP contribution in [0, 0.1) is 5.92 Å². The van der Waals surface area contributed by atoms with Gasteiger partial charge < -0.3 is 9.84 Å². The third kappa shape index (κ3) is 3.37. The van der Waals surface area contributed by atoms with Crippen LogP contribution in [-0.2, 0) is 9.53 Å². The summed E-state index contributed by atoms with van der Waals surface area (Å²) in [5.74, 6) is -0.532. The van der Waals surface area contributed by atoms with Crippen molar-refractivity contribution in [3.8, 4) is 0 Å². The van der Waals surface area contributed by atoms with Crippen molar-refractivity contribution < 1.29 is 14.6 Å². The molecule has 0 radical (unpaired) electrons. The molecule has 0 aliphatic carbocycles. The highest BCUT2D eigenvalue weighted by molar-refractivity contribution is 5.74. The molecule has 2 atom stereocenters. The highest BCUT2D eigenvalue weighted by Gasteiger charge is 2.21. The second-order valence-electron chi connectivity index (χ2n) is 2.58. The molecule has 0 spiro atoms. The molecule has 0 unspecified atom stereocenters. The monoisotopic (exact) mass is 160 g/mol. The fraction of sp³-hybridized carbons (Fsp3) is 0.875. The predicted octanol–water partition coefficient (Wildman–Crippen LogP) is 0.956. The van der Waals surface area contributed by atoms with E-state index in [1.165, 1.54) is 0 Å². The van der Waals surface area contributed by atoms with E-state index in [-0.39, 0.29) is 5.92 Å². The average molecular weight is 160 g/mol. The maximum atomic E-state index is 10.9. The molecular formula is C8H16O3. The van der Waals surface area contributed by atoms with Crippen molar-refractivity contribution >= 4 is 5.97 Å². The van der Waals surface area contributed by atoms with Crippen LogP contribution in [0.25, 0.3) is 0 Å². The molecule has 0 aliphatic rings. The predicted molar refractivity (Wildman–Crippen MR) is 42.1 cm³/mol. The zero-order valence-corrected chi connectivity index (χ0v) is 7.33. The minimum Gasteiger partial charge on any atom is -0.464 e. The van der Waals surface area contributed by atoms with E-state index in [0.29, 0.717) is 6.61 Å². The zero-order valence-electron chi connectivity index (χ0n) is 7.33. The first kappa shape index (κ1) is 10.4. The van der Waals surface area contributed by atoms with E-state index in [9.17, 15) is 9.90 Å². The largest absolute Gasteiger partial charge is 0.464 e. The first-order chi connectivity index (χ1) is 5.13. The van der Waals surface area contributed by atoms with Gasteiger partial charge in [-0.15, -0.1) is 0 Å². The Morgan fingerprint density at radius 1 is 1.55 bits per heavy atom. The number of ether oxygens (including phenoxy) is 1. The minimum absolute atomic E-state index is 0.0194. The van der Waals surface area contributed by atoms with Gasteiger partial charge in [-0.25, -0.2) is 4.79 Å². The van der Waals surface area contributed by atoms with Gasteiger partial charge in [0, 0.05) is 0 Å². The van der Waals surface area contributed by atoms with Crippen molar-refractivity contribution in [3.63, 3.8) is 0 Å². The van der Waals surface area contributed by atoms with E-state index in [0.717, 1.165) is 6.42 Å². The molecule has 3 nitrogen and oxygen atoms in total. The standard InChI is InChI=1S/C8H16O3/c1-4-6(3)7(9)8(10)11-5-2/h6-7,9H,4-5H2,1-3H3/t6-,7+/m1/s1. The molecule has 0 saturated heterocycles. The van der Waals surface area contributed by atoms with Crippen LogP contribution in [0.4, 0.5) is 0 Å². The second kappa shape index (κ2) is 5.13. The number of carbonyl (C=O) groups excluding carboxylic acids is 1. The van der Waals surface area contributed by atoms with Gasteiger partial charge in [-0.3, -0.25) is 0 Å². The summed E-state index contributed by atoms with van der Waals surface area (Å²) in [6, 6.07) is 0. The molecule has 0 aromatic rings. The second-order valence-corrected chi connectivity index (χ2v) is 2.58. The molecule has 0 fully saturated rings. The fourth-order valence-electron chi connectivity index (χ4n) is 0.683. The van der Waals surface area contributed by atoms with Gasteiger partial charge >= 0.3 is 5.97 Å². The quantitative estimate of drug-likeness (QED) is 0.623. The van der Waals surface area contributed by atoms with Crippen LogP contribution in [0.5, 0.6) is 0 Å². The van der Waals surface area contributed by atoms with Crippen molar-refractivity contribution in [1.82, 2.24) is 0 Å². The summed E-state index contributed by atoms with van der Waals surface area (Å²) in [4.78, 5) is 10.9. The van der Waals surface area contributed by atoms with Crippen LogP contribution in [0.15, 0.2) is 0 Å². The maximum absolute atomic E-state index is 10.9. The highest BCUT2D eigenvalue weighted by atomic mass is 16.5. The lowest BCUT2D eigenvalue weighted by Crippen LogP contribution is -2.29. The van der Waals surface area contributed by atoms with Gasteiger partial charge in [0.25, 0.3) is 0 Å². The minimum atomic E-state index is -0.958. The summed E-state index contributed by atoms with van der Waals surface area (Å²) in [6.45, 7) is 5.79. The normalized spacial score (nSPS) is 15.6. The van der Waals surface area contributed by atoms with Crippen LogP contribution in [-0.4, -0.2) is 23.8 Å². The van der Waals surface area contributed by atoms with Crippen molar-refractivity contribution in [2.24, 2.45) is 5.92 Å². The molecule has 0 rings (SSSR count). The lowest BCUT2D eigenvalue weighted by Gasteiger charge is -2.14. The molecule has 66 valence electrons. The Hall–Kier alpha value is -0.570. The Morgan fingerprint density at radius 2 is 2.09 bits per heavy atom. The van der Waals surface area contributed by atoms with E-state index < -0.39 is 12.1 Å². The Bertz CT molecular complexity index is 123. The van der Waals surface area contributed by atoms with Gasteiger partial charge in [0.05, 0.1) is 6.61 Å². The smallest absolute Gasteiger partial charge is 0.335 e. The lowest BCUT2D eigenvalue weighted by molar-refractivity contribution is -0.155. The average Bonchev–Trinajstić information content (AvgIpc) is 2.02. The van der Waals surface area contributed by atoms with E-state index in [1.54, 1.807) is 6.92 Å². The number of hydrogen-bond donors (Lipinski definition) is 1. The van der Waals surface area contributed by atoms with Crippen LogP contribution in [0.3, 0.4) is 0 Å². The van der Waals surface area contributed by atoms with Crippen LogP contribution in [0.2, 0.25) is 0 Å². The lowest BCUT2D eigenvalue weighted by atomic mass is 10.0. The first-order valence-electron chi connectivity index (χ1n) is 3.98. The van der Waals surface area contributed by atoms with Crippen LogP contribution in [0.1, 0.15) is 27.2 Å². The summed E-state index contributed by atoms with van der Waals surface area (Å²) in [5, 5.41) is 9.24. The molecule has 0 aromatic heterocycles. The molecule has 0 heterocycles. The van der Waals surface area contributed by atoms with Crippen molar-refractivity contribution in [2.75, 3.05) is 6.61 Å². The van der Waals surface area contributed by atoms with Gasteiger partial charge in [0.2, 0.25) is 0 Å². The summed E-state index contributed by atoms with van der Waals surface area (Å²) in [7, 11) is 0. The Kier molecular flexibility index (Phi) is 4.86. The van der Waals surface area contributed by atoms with Crippen molar-refractivity contribution in [1.29, 1.82) is 0 Å². The van der Waals surface area contributed by atoms with E-state index in [4.69, 9.17) is 0 Å². The number of carbonyl (C=O) groups is 1. The van der Waals surface area contributed by atoms with Crippen molar-refractivity contribution in [2.45, 2.75) is 33.3 Å². The summed E-state index contributed by atoms with van der Waals surface area (Å²) < 4.78 is 4.64. The molecule has 11 heavy (non-hydrogen) atoms. The molecule has 0 saturated carbocycles. The van der Waals surface area contributed by atoms with Crippen molar-refractivity contribution in [3.05, 3.63) is 0 Å². The molecule has 0 aliphatic heterocycles. The number of aliphatic hydroxyl groups excluding tert-OH is 1. The third-order valence-electron chi connectivity index (χ3n) is 1.71. The Morgan fingerprint density at radius 3 is 2.45 bits per heavy atom. The summed E-state index contributed by atoms with van der Waals surface area (Å²) >= 11 is 0. The highest BCUT2D eigenvalue weighted by Crippen LogP contribution is 2.08. The molecule has 3 heteroatoms. The number of aliphatic hydroxyl groups is 1. The molecule has 0 aromatic carbocycles. The van der Waals surface area contributed by atoms with E-state index in [1.807, 2.05) is 13.8 Å². The molecule has 0 bridgehead atoms. The number of esters is 1. The van der Waals surface area contributed by atoms with Gasteiger partial charge in [-0.1, -0.05) is 20.3 Å². The summed E-state index contributed by atoms with van der Waals surface area (Å²) in [5.41, 5.74) is 0. The first-order valence-corrected chi connectivity index (χ1v) is 3.98. The topological polar surface area (TPSA) is 46.5 Å². The zero-order chi connectivity index (χ0) is 8.85. The van der Waals surface area contributed by atoms with Gasteiger partial charge in [-0.05, 0) is 12.8 Å². The Labute approximate surface area is 67.4 Å². The molecule has 1 N–H and O–H groups in total. The molecule has 0 amide bonds.